The molecule has 1 rings (SSSR count). The van der Waals surface area contributed by atoms with Crippen molar-refractivity contribution in [3.63, 3.8) is 0 Å². The van der Waals surface area contributed by atoms with Gasteiger partial charge in [0.2, 0.25) is 5.91 Å². The van der Waals surface area contributed by atoms with Crippen LogP contribution in [0.3, 0.4) is 0 Å². The highest BCUT2D eigenvalue weighted by Gasteiger charge is 2.08. The SMILES string of the molecule is CCOc1ccc(OCC)c(NC(N)=NCCC(=O)NC(C)CC)c1.I. The average molecular weight is 478 g/mol. The molecule has 1 unspecified atom stereocenters. The lowest BCUT2D eigenvalue weighted by Gasteiger charge is -2.14. The van der Waals surface area contributed by atoms with Crippen LogP contribution in [0.2, 0.25) is 0 Å². The smallest absolute Gasteiger partial charge is 0.222 e. The van der Waals surface area contributed by atoms with Crippen LogP contribution in [0.15, 0.2) is 23.2 Å². The second kappa shape index (κ2) is 13.5. The Hall–Kier alpha value is -1.71. The molecule has 4 N–H and O–H groups in total. The zero-order valence-corrected chi connectivity index (χ0v) is 18.3. The number of amides is 1. The van der Waals surface area contributed by atoms with Crippen molar-refractivity contribution in [2.75, 3.05) is 25.1 Å². The molecule has 0 aliphatic carbocycles. The third-order valence-corrected chi connectivity index (χ3v) is 3.47. The number of carbonyl (C=O) groups excluding carboxylic acids is 1. The first-order valence-corrected chi connectivity index (χ1v) is 8.76. The summed E-state index contributed by atoms with van der Waals surface area (Å²) in [5, 5.41) is 5.91. The lowest BCUT2D eigenvalue weighted by molar-refractivity contribution is -0.121. The van der Waals surface area contributed by atoms with Crippen LogP contribution in [0.25, 0.3) is 0 Å². The monoisotopic (exact) mass is 478 g/mol. The van der Waals surface area contributed by atoms with Crippen LogP contribution in [0.1, 0.15) is 40.5 Å². The molecule has 8 heteroatoms. The van der Waals surface area contributed by atoms with Gasteiger partial charge in [-0.25, -0.2) is 0 Å². The van der Waals surface area contributed by atoms with Gasteiger partial charge in [0, 0.05) is 18.5 Å². The largest absolute Gasteiger partial charge is 0.494 e. The van der Waals surface area contributed by atoms with E-state index in [9.17, 15) is 4.79 Å². The number of nitrogens with two attached hydrogens (primary N) is 1. The molecule has 0 radical (unpaired) electrons. The van der Waals surface area contributed by atoms with E-state index in [0.717, 1.165) is 6.42 Å². The molecule has 0 bridgehead atoms. The minimum atomic E-state index is -0.0285. The first kappa shape index (κ1) is 24.3. The number of anilines is 1. The number of hydrogen-bond acceptors (Lipinski definition) is 4. The van der Waals surface area contributed by atoms with Gasteiger partial charge in [0.25, 0.3) is 0 Å². The number of nitrogens with zero attached hydrogens (tertiary/aromatic N) is 1. The molecule has 1 amide bonds. The molecule has 0 aromatic heterocycles. The van der Waals surface area contributed by atoms with Crippen molar-refractivity contribution in [3.8, 4) is 11.5 Å². The van der Waals surface area contributed by atoms with Crippen molar-refractivity contribution >= 4 is 41.5 Å². The van der Waals surface area contributed by atoms with Gasteiger partial charge in [0.05, 0.1) is 25.4 Å². The second-order valence-corrected chi connectivity index (χ2v) is 5.54. The molecule has 0 heterocycles. The summed E-state index contributed by atoms with van der Waals surface area (Å²) in [6, 6.07) is 5.64. The number of rotatable bonds is 10. The van der Waals surface area contributed by atoms with E-state index in [2.05, 4.69) is 15.6 Å². The highest BCUT2D eigenvalue weighted by Crippen LogP contribution is 2.29. The molecule has 26 heavy (non-hydrogen) atoms. The Balaban J connectivity index is 0.00000625. The van der Waals surface area contributed by atoms with E-state index in [-0.39, 0.29) is 41.9 Å². The number of carbonyl (C=O) groups is 1. The quantitative estimate of drug-likeness (QED) is 0.273. The molecule has 0 saturated heterocycles. The summed E-state index contributed by atoms with van der Waals surface area (Å²) in [7, 11) is 0. The van der Waals surface area contributed by atoms with Crippen LogP contribution in [-0.4, -0.2) is 37.7 Å². The maximum absolute atomic E-state index is 11.7. The number of halogens is 1. The topological polar surface area (TPSA) is 98.0 Å². The van der Waals surface area contributed by atoms with Gasteiger partial charge in [-0.3, -0.25) is 9.79 Å². The zero-order chi connectivity index (χ0) is 18.7. The number of nitrogens with one attached hydrogen (secondary N) is 2. The molecule has 1 atom stereocenters. The van der Waals surface area contributed by atoms with Crippen LogP contribution in [-0.2, 0) is 4.79 Å². The van der Waals surface area contributed by atoms with Gasteiger partial charge in [0.1, 0.15) is 11.5 Å². The summed E-state index contributed by atoms with van der Waals surface area (Å²) in [5.41, 5.74) is 6.60. The molecular weight excluding hydrogens is 447 g/mol. The Morgan fingerprint density at radius 1 is 1.23 bits per heavy atom. The Morgan fingerprint density at radius 2 is 1.92 bits per heavy atom. The first-order chi connectivity index (χ1) is 12.0. The number of aliphatic imine (C=N–C) groups is 1. The lowest BCUT2D eigenvalue weighted by Crippen LogP contribution is -2.32. The summed E-state index contributed by atoms with van der Waals surface area (Å²) in [4.78, 5) is 15.9. The van der Waals surface area contributed by atoms with Crippen molar-refractivity contribution < 1.29 is 14.3 Å². The normalized spacial score (nSPS) is 11.9. The van der Waals surface area contributed by atoms with Crippen molar-refractivity contribution in [1.82, 2.24) is 5.32 Å². The van der Waals surface area contributed by atoms with E-state index in [1.165, 1.54) is 0 Å². The van der Waals surface area contributed by atoms with E-state index in [4.69, 9.17) is 15.2 Å². The average Bonchev–Trinajstić information content (AvgIpc) is 2.57. The Morgan fingerprint density at radius 3 is 2.54 bits per heavy atom. The number of benzene rings is 1. The molecule has 0 aliphatic rings. The molecule has 1 aromatic carbocycles. The van der Waals surface area contributed by atoms with Crippen molar-refractivity contribution in [2.24, 2.45) is 10.7 Å². The molecule has 0 spiro atoms. The molecule has 0 saturated carbocycles. The maximum atomic E-state index is 11.7. The summed E-state index contributed by atoms with van der Waals surface area (Å²) >= 11 is 0. The number of hydrogen-bond donors (Lipinski definition) is 3. The Bertz CT molecular complexity index is 582. The van der Waals surface area contributed by atoms with Crippen LogP contribution in [0.4, 0.5) is 5.69 Å². The fraction of sp³-hybridized carbons (Fsp3) is 0.556. The molecule has 0 fully saturated rings. The van der Waals surface area contributed by atoms with Crippen molar-refractivity contribution in [2.45, 2.75) is 46.6 Å². The molecule has 1 aromatic rings. The predicted molar refractivity (Wildman–Crippen MR) is 117 cm³/mol. The Labute approximate surface area is 173 Å². The summed E-state index contributed by atoms with van der Waals surface area (Å²) in [6.45, 7) is 9.25. The van der Waals surface area contributed by atoms with Gasteiger partial charge in [-0.15, -0.1) is 24.0 Å². The summed E-state index contributed by atoms with van der Waals surface area (Å²) < 4.78 is 11.1. The Kier molecular flexibility index (Phi) is 12.6. The third-order valence-electron chi connectivity index (χ3n) is 3.47. The summed E-state index contributed by atoms with van der Waals surface area (Å²) in [5.74, 6) is 1.58. The predicted octanol–water partition coefficient (Wildman–Crippen LogP) is 3.13. The minimum Gasteiger partial charge on any atom is -0.494 e. The molecule has 7 nitrogen and oxygen atoms in total. The highest BCUT2D eigenvalue weighted by atomic mass is 127. The third kappa shape index (κ3) is 9.12. The van der Waals surface area contributed by atoms with E-state index in [1.54, 1.807) is 0 Å². The van der Waals surface area contributed by atoms with E-state index in [1.807, 2.05) is 45.9 Å². The highest BCUT2D eigenvalue weighted by molar-refractivity contribution is 14.0. The number of guanidine groups is 1. The van der Waals surface area contributed by atoms with E-state index in [0.29, 0.717) is 43.4 Å². The fourth-order valence-electron chi connectivity index (χ4n) is 2.05. The lowest BCUT2D eigenvalue weighted by atomic mass is 10.2. The van der Waals surface area contributed by atoms with Crippen LogP contribution < -0.4 is 25.8 Å². The minimum absolute atomic E-state index is 0. The van der Waals surface area contributed by atoms with Crippen molar-refractivity contribution in [1.29, 1.82) is 0 Å². The summed E-state index contributed by atoms with van der Waals surface area (Å²) in [6.07, 6.45) is 1.19. The second-order valence-electron chi connectivity index (χ2n) is 5.54. The van der Waals surface area contributed by atoms with Crippen LogP contribution in [0, 0.1) is 0 Å². The van der Waals surface area contributed by atoms with Gasteiger partial charge < -0.3 is 25.8 Å². The van der Waals surface area contributed by atoms with E-state index >= 15 is 0 Å². The fourth-order valence-corrected chi connectivity index (χ4v) is 2.05. The van der Waals surface area contributed by atoms with Gasteiger partial charge in [0.15, 0.2) is 5.96 Å². The van der Waals surface area contributed by atoms with Crippen LogP contribution >= 0.6 is 24.0 Å². The van der Waals surface area contributed by atoms with Gasteiger partial charge in [-0.2, -0.15) is 0 Å². The first-order valence-electron chi connectivity index (χ1n) is 8.76. The van der Waals surface area contributed by atoms with Crippen LogP contribution in [0.5, 0.6) is 11.5 Å². The zero-order valence-electron chi connectivity index (χ0n) is 16.0. The van der Waals surface area contributed by atoms with Gasteiger partial charge >= 0.3 is 0 Å². The van der Waals surface area contributed by atoms with Gasteiger partial charge in [-0.05, 0) is 39.3 Å². The molecular formula is C18H31IN4O3. The maximum Gasteiger partial charge on any atom is 0.222 e. The number of ether oxygens (including phenoxy) is 2. The van der Waals surface area contributed by atoms with Gasteiger partial charge in [-0.1, -0.05) is 6.92 Å². The van der Waals surface area contributed by atoms with Crippen molar-refractivity contribution in [3.05, 3.63) is 18.2 Å². The molecule has 148 valence electrons. The standard InChI is InChI=1S/C18H30N4O3.HI/c1-5-13(4)21-17(23)10-11-20-18(19)22-15-12-14(24-6-2)8-9-16(15)25-7-3;/h8-9,12-13H,5-7,10-11H2,1-4H3,(H,21,23)(H3,19,20,22);1H. The molecule has 0 aliphatic heterocycles. The van der Waals surface area contributed by atoms with E-state index < -0.39 is 0 Å².